The van der Waals surface area contributed by atoms with E-state index in [0.717, 1.165) is 17.5 Å². The van der Waals surface area contributed by atoms with Gasteiger partial charge in [-0.3, -0.25) is 0 Å². The molecule has 0 radical (unpaired) electrons. The van der Waals surface area contributed by atoms with Gasteiger partial charge < -0.3 is 9.47 Å². The molecule has 0 fully saturated rings. The predicted octanol–water partition coefficient (Wildman–Crippen LogP) is 4.55. The standard InChI is InChI=1S/C22H22O3/c23-22-13-7-12-21(25-22)16-20(15-14-18-8-3-1-4-9-18)24-17-19-10-5-2-6-11-19/h1-11,13-15,20-21H,12,16-17H2/b15-14+/t20-,21-/m1/s1. The molecule has 0 bridgehead atoms. The molecule has 0 saturated heterocycles. The van der Waals surface area contributed by atoms with Crippen molar-refractivity contribution in [2.75, 3.05) is 0 Å². The molecule has 3 heteroatoms. The lowest BCUT2D eigenvalue weighted by Gasteiger charge is -2.23. The van der Waals surface area contributed by atoms with Crippen LogP contribution in [-0.4, -0.2) is 18.2 Å². The van der Waals surface area contributed by atoms with Gasteiger partial charge in [0.1, 0.15) is 6.10 Å². The van der Waals surface area contributed by atoms with Crippen molar-refractivity contribution in [1.82, 2.24) is 0 Å². The smallest absolute Gasteiger partial charge is 0.330 e. The topological polar surface area (TPSA) is 35.5 Å². The molecule has 2 atom stereocenters. The number of cyclic esters (lactones) is 1. The van der Waals surface area contributed by atoms with Crippen LogP contribution in [0.15, 0.2) is 78.9 Å². The van der Waals surface area contributed by atoms with E-state index in [0.29, 0.717) is 13.0 Å². The van der Waals surface area contributed by atoms with E-state index < -0.39 is 0 Å². The molecule has 1 aliphatic heterocycles. The second kappa shape index (κ2) is 9.00. The third-order valence-electron chi connectivity index (χ3n) is 4.04. The molecule has 0 N–H and O–H groups in total. The molecule has 1 aliphatic rings. The first-order valence-electron chi connectivity index (χ1n) is 8.55. The van der Waals surface area contributed by atoms with E-state index in [1.54, 1.807) is 0 Å². The second-order valence-corrected chi connectivity index (χ2v) is 6.04. The number of benzene rings is 2. The third-order valence-corrected chi connectivity index (χ3v) is 4.04. The number of hydrogen-bond donors (Lipinski definition) is 0. The molecule has 25 heavy (non-hydrogen) atoms. The Balaban J connectivity index is 1.65. The SMILES string of the molecule is O=C1C=CC[C@H](C[C@@H](/C=C/c2ccccc2)OCc2ccccc2)O1. The highest BCUT2D eigenvalue weighted by Crippen LogP contribution is 2.18. The minimum absolute atomic E-state index is 0.121. The van der Waals surface area contributed by atoms with E-state index in [1.807, 2.05) is 72.8 Å². The van der Waals surface area contributed by atoms with Crippen LogP contribution >= 0.6 is 0 Å². The van der Waals surface area contributed by atoms with Crippen molar-refractivity contribution in [3.63, 3.8) is 0 Å². The van der Waals surface area contributed by atoms with Crippen LogP contribution in [0.4, 0.5) is 0 Å². The monoisotopic (exact) mass is 334 g/mol. The Bertz CT molecular complexity index is 719. The summed E-state index contributed by atoms with van der Waals surface area (Å²) < 4.78 is 11.5. The predicted molar refractivity (Wildman–Crippen MR) is 98.7 cm³/mol. The van der Waals surface area contributed by atoms with Gasteiger partial charge in [-0.15, -0.1) is 0 Å². The van der Waals surface area contributed by atoms with E-state index in [1.165, 1.54) is 6.08 Å². The molecule has 2 aromatic rings. The Hall–Kier alpha value is -2.65. The van der Waals surface area contributed by atoms with Crippen LogP contribution in [-0.2, 0) is 20.9 Å². The molecule has 0 spiro atoms. The molecule has 0 amide bonds. The third kappa shape index (κ3) is 5.73. The molecule has 3 nitrogen and oxygen atoms in total. The van der Waals surface area contributed by atoms with Gasteiger partial charge in [0.2, 0.25) is 0 Å². The molecule has 128 valence electrons. The molecule has 0 unspecified atom stereocenters. The van der Waals surface area contributed by atoms with Gasteiger partial charge in [-0.1, -0.05) is 78.9 Å². The second-order valence-electron chi connectivity index (χ2n) is 6.04. The molecule has 0 aromatic heterocycles. The number of esters is 1. The van der Waals surface area contributed by atoms with Gasteiger partial charge in [0.05, 0.1) is 12.7 Å². The molecule has 0 saturated carbocycles. The Morgan fingerprint density at radius 3 is 2.52 bits per heavy atom. The fourth-order valence-corrected chi connectivity index (χ4v) is 2.73. The first kappa shape index (κ1) is 17.2. The van der Waals surface area contributed by atoms with Crippen molar-refractivity contribution in [3.8, 4) is 0 Å². The first-order chi connectivity index (χ1) is 12.3. The van der Waals surface area contributed by atoms with Gasteiger partial charge in [0.25, 0.3) is 0 Å². The first-order valence-corrected chi connectivity index (χ1v) is 8.55. The van der Waals surface area contributed by atoms with E-state index in [2.05, 4.69) is 6.08 Å². The van der Waals surface area contributed by atoms with Gasteiger partial charge in [0.15, 0.2) is 0 Å². The summed E-state index contributed by atoms with van der Waals surface area (Å²) in [6.45, 7) is 0.529. The van der Waals surface area contributed by atoms with Crippen LogP contribution in [0, 0.1) is 0 Å². The van der Waals surface area contributed by atoms with Crippen molar-refractivity contribution in [2.24, 2.45) is 0 Å². The zero-order valence-electron chi connectivity index (χ0n) is 14.1. The number of hydrogen-bond acceptors (Lipinski definition) is 3. The van der Waals surface area contributed by atoms with E-state index in [9.17, 15) is 4.79 Å². The number of carbonyl (C=O) groups excluding carboxylic acids is 1. The van der Waals surface area contributed by atoms with Gasteiger partial charge in [-0.25, -0.2) is 4.79 Å². The molecular formula is C22H22O3. The van der Waals surface area contributed by atoms with Crippen LogP contribution in [0.25, 0.3) is 6.08 Å². The van der Waals surface area contributed by atoms with Crippen molar-refractivity contribution in [1.29, 1.82) is 0 Å². The summed E-state index contributed by atoms with van der Waals surface area (Å²) in [6, 6.07) is 20.2. The van der Waals surface area contributed by atoms with Crippen LogP contribution in [0.2, 0.25) is 0 Å². The lowest BCUT2D eigenvalue weighted by atomic mass is 10.1. The van der Waals surface area contributed by atoms with Gasteiger partial charge >= 0.3 is 5.97 Å². The van der Waals surface area contributed by atoms with Gasteiger partial charge in [-0.2, -0.15) is 0 Å². The maximum absolute atomic E-state index is 11.4. The van der Waals surface area contributed by atoms with E-state index >= 15 is 0 Å². The molecule has 2 aromatic carbocycles. The summed E-state index contributed by atoms with van der Waals surface area (Å²) >= 11 is 0. The Morgan fingerprint density at radius 2 is 1.80 bits per heavy atom. The van der Waals surface area contributed by atoms with Gasteiger partial charge in [-0.05, 0) is 11.1 Å². The highest BCUT2D eigenvalue weighted by Gasteiger charge is 2.20. The summed E-state index contributed by atoms with van der Waals surface area (Å²) in [5.74, 6) is -0.273. The number of carbonyl (C=O) groups is 1. The highest BCUT2D eigenvalue weighted by molar-refractivity contribution is 5.82. The van der Waals surface area contributed by atoms with Crippen LogP contribution in [0.1, 0.15) is 24.0 Å². The molecule has 3 rings (SSSR count). The summed E-state index contributed by atoms with van der Waals surface area (Å²) in [5, 5.41) is 0. The minimum Gasteiger partial charge on any atom is -0.459 e. The van der Waals surface area contributed by atoms with Crippen molar-refractivity contribution in [3.05, 3.63) is 90.0 Å². The zero-order valence-corrected chi connectivity index (χ0v) is 14.1. The van der Waals surface area contributed by atoms with Crippen LogP contribution in [0.3, 0.4) is 0 Å². The summed E-state index contributed by atoms with van der Waals surface area (Å²) in [7, 11) is 0. The van der Waals surface area contributed by atoms with Crippen molar-refractivity contribution >= 4 is 12.0 Å². The fourth-order valence-electron chi connectivity index (χ4n) is 2.73. The average molecular weight is 334 g/mol. The molecule has 1 heterocycles. The molecule has 0 aliphatic carbocycles. The Morgan fingerprint density at radius 1 is 1.08 bits per heavy atom. The van der Waals surface area contributed by atoms with Crippen molar-refractivity contribution < 1.29 is 14.3 Å². The Labute approximate surface area is 148 Å². The zero-order chi connectivity index (χ0) is 17.3. The Kier molecular flexibility index (Phi) is 6.18. The summed E-state index contributed by atoms with van der Waals surface area (Å²) in [5.41, 5.74) is 2.25. The minimum atomic E-state index is -0.273. The summed E-state index contributed by atoms with van der Waals surface area (Å²) in [6.07, 6.45) is 8.56. The quantitative estimate of drug-likeness (QED) is 0.697. The maximum atomic E-state index is 11.4. The van der Waals surface area contributed by atoms with Crippen LogP contribution < -0.4 is 0 Å². The lowest BCUT2D eigenvalue weighted by Crippen LogP contribution is -2.25. The number of rotatable bonds is 7. The highest BCUT2D eigenvalue weighted by atomic mass is 16.5. The largest absolute Gasteiger partial charge is 0.459 e. The van der Waals surface area contributed by atoms with E-state index in [4.69, 9.17) is 9.47 Å². The average Bonchev–Trinajstić information content (AvgIpc) is 2.66. The fraction of sp³-hybridized carbons (Fsp3) is 0.227. The van der Waals surface area contributed by atoms with Crippen LogP contribution in [0.5, 0.6) is 0 Å². The van der Waals surface area contributed by atoms with E-state index in [-0.39, 0.29) is 18.2 Å². The normalized spacial score (nSPS) is 18.2. The number of ether oxygens (including phenoxy) is 2. The maximum Gasteiger partial charge on any atom is 0.330 e. The lowest BCUT2D eigenvalue weighted by molar-refractivity contribution is -0.145. The summed E-state index contributed by atoms with van der Waals surface area (Å²) in [4.78, 5) is 11.4. The van der Waals surface area contributed by atoms with Gasteiger partial charge in [0, 0.05) is 18.9 Å². The van der Waals surface area contributed by atoms with Crippen molar-refractivity contribution in [2.45, 2.75) is 31.7 Å². The molecular weight excluding hydrogens is 312 g/mol.